The Morgan fingerprint density at radius 1 is 1.35 bits per heavy atom. The van der Waals surface area contributed by atoms with Gasteiger partial charge >= 0.3 is 11.9 Å². The highest BCUT2D eigenvalue weighted by Gasteiger charge is 2.43. The standard InChI is InChI=1S/C13H20O4/c1-5-16-11(14)7-6-9-8-10(9)12(15)17-13(2,3)4/h6-7,9-10H,5,8H2,1-4H3/t9-,10+/m1/s1. The quantitative estimate of drug-likeness (QED) is 0.557. The summed E-state index contributed by atoms with van der Waals surface area (Å²) in [5.41, 5.74) is -0.449. The SMILES string of the molecule is CCOC(=O)C=C[C@@H]1C[C@@H]1C(=O)OC(C)(C)C. The summed E-state index contributed by atoms with van der Waals surface area (Å²) in [6.45, 7) is 7.65. The Kier molecular flexibility index (Phi) is 4.32. The summed E-state index contributed by atoms with van der Waals surface area (Å²) in [4.78, 5) is 22.7. The molecule has 0 aromatic rings. The summed E-state index contributed by atoms with van der Waals surface area (Å²) in [6, 6.07) is 0. The van der Waals surface area contributed by atoms with Crippen molar-refractivity contribution in [3.63, 3.8) is 0 Å². The van der Waals surface area contributed by atoms with Crippen LogP contribution in [0.5, 0.6) is 0 Å². The number of allylic oxidation sites excluding steroid dienone is 1. The summed E-state index contributed by atoms with van der Waals surface area (Å²) >= 11 is 0. The summed E-state index contributed by atoms with van der Waals surface area (Å²) in [5.74, 6) is -0.521. The van der Waals surface area contributed by atoms with Crippen LogP contribution in [0.3, 0.4) is 0 Å². The minimum atomic E-state index is -0.449. The molecule has 4 heteroatoms. The molecule has 0 aliphatic heterocycles. The van der Waals surface area contributed by atoms with Crippen molar-refractivity contribution >= 4 is 11.9 Å². The first kappa shape index (κ1) is 13.7. The number of carbonyl (C=O) groups is 2. The predicted molar refractivity (Wildman–Crippen MR) is 63.2 cm³/mol. The van der Waals surface area contributed by atoms with Crippen LogP contribution in [0.25, 0.3) is 0 Å². The number of ether oxygens (including phenoxy) is 2. The van der Waals surface area contributed by atoms with Crippen LogP contribution >= 0.6 is 0 Å². The van der Waals surface area contributed by atoms with Crippen molar-refractivity contribution in [3.8, 4) is 0 Å². The Balaban J connectivity index is 2.34. The minimum absolute atomic E-state index is 0.0973. The molecule has 1 saturated carbocycles. The molecule has 0 aromatic carbocycles. The van der Waals surface area contributed by atoms with E-state index < -0.39 is 5.60 Å². The van der Waals surface area contributed by atoms with E-state index in [1.807, 2.05) is 20.8 Å². The molecule has 1 rings (SSSR count). The average Bonchev–Trinajstić information content (AvgIpc) is 2.91. The Morgan fingerprint density at radius 3 is 2.53 bits per heavy atom. The van der Waals surface area contributed by atoms with Crippen LogP contribution in [0.15, 0.2) is 12.2 Å². The van der Waals surface area contributed by atoms with Gasteiger partial charge in [0.1, 0.15) is 5.60 Å². The second kappa shape index (κ2) is 5.34. The number of carbonyl (C=O) groups excluding carboxylic acids is 2. The van der Waals surface area contributed by atoms with Crippen molar-refractivity contribution in [2.24, 2.45) is 11.8 Å². The molecule has 0 heterocycles. The third kappa shape index (κ3) is 5.02. The maximum atomic E-state index is 11.6. The molecular formula is C13H20O4. The third-order valence-electron chi connectivity index (χ3n) is 2.32. The molecule has 0 bridgehead atoms. The lowest BCUT2D eigenvalue weighted by atomic mass is 10.2. The van der Waals surface area contributed by atoms with Crippen LogP contribution in [-0.2, 0) is 19.1 Å². The van der Waals surface area contributed by atoms with Gasteiger partial charge in [-0.25, -0.2) is 4.79 Å². The van der Waals surface area contributed by atoms with Crippen LogP contribution in [0, 0.1) is 11.8 Å². The van der Waals surface area contributed by atoms with Gasteiger partial charge in [0.05, 0.1) is 12.5 Å². The van der Waals surface area contributed by atoms with E-state index in [4.69, 9.17) is 9.47 Å². The monoisotopic (exact) mass is 240 g/mol. The Labute approximate surface area is 102 Å². The third-order valence-corrected chi connectivity index (χ3v) is 2.32. The molecule has 2 atom stereocenters. The first-order valence-electron chi connectivity index (χ1n) is 5.91. The number of hydrogen-bond donors (Lipinski definition) is 0. The summed E-state index contributed by atoms with van der Waals surface area (Å²) < 4.78 is 10.0. The van der Waals surface area contributed by atoms with Gasteiger partial charge in [-0.2, -0.15) is 0 Å². The molecule has 0 unspecified atom stereocenters. The van der Waals surface area contributed by atoms with E-state index in [2.05, 4.69) is 0 Å². The van der Waals surface area contributed by atoms with Crippen molar-refractivity contribution < 1.29 is 19.1 Å². The summed E-state index contributed by atoms with van der Waals surface area (Å²) in [6.07, 6.45) is 3.87. The van der Waals surface area contributed by atoms with Crippen molar-refractivity contribution in [1.29, 1.82) is 0 Å². The second-order valence-electron chi connectivity index (χ2n) is 5.15. The second-order valence-corrected chi connectivity index (χ2v) is 5.15. The molecule has 1 aliphatic rings. The van der Waals surface area contributed by atoms with E-state index in [-0.39, 0.29) is 23.8 Å². The van der Waals surface area contributed by atoms with E-state index in [9.17, 15) is 9.59 Å². The van der Waals surface area contributed by atoms with Crippen LogP contribution < -0.4 is 0 Å². The highest BCUT2D eigenvalue weighted by molar-refractivity contribution is 5.82. The molecule has 0 aromatic heterocycles. The van der Waals surface area contributed by atoms with Gasteiger partial charge < -0.3 is 9.47 Å². The molecule has 0 N–H and O–H groups in total. The fraction of sp³-hybridized carbons (Fsp3) is 0.692. The fourth-order valence-corrected chi connectivity index (χ4v) is 1.47. The zero-order chi connectivity index (χ0) is 13.1. The zero-order valence-electron chi connectivity index (χ0n) is 10.9. The lowest BCUT2D eigenvalue weighted by Gasteiger charge is -2.19. The normalized spacial score (nSPS) is 23.5. The number of hydrogen-bond acceptors (Lipinski definition) is 4. The van der Waals surface area contributed by atoms with E-state index in [1.54, 1.807) is 13.0 Å². The van der Waals surface area contributed by atoms with Gasteiger partial charge in [0.2, 0.25) is 0 Å². The smallest absolute Gasteiger partial charge is 0.330 e. The topological polar surface area (TPSA) is 52.6 Å². The minimum Gasteiger partial charge on any atom is -0.463 e. The van der Waals surface area contributed by atoms with Gasteiger partial charge in [-0.1, -0.05) is 6.08 Å². The average molecular weight is 240 g/mol. The van der Waals surface area contributed by atoms with Gasteiger partial charge in [-0.05, 0) is 40.0 Å². The van der Waals surface area contributed by atoms with Crippen molar-refractivity contribution in [2.45, 2.75) is 39.7 Å². The van der Waals surface area contributed by atoms with Gasteiger partial charge in [-0.3, -0.25) is 4.79 Å². The van der Waals surface area contributed by atoms with Crippen LogP contribution in [0.1, 0.15) is 34.1 Å². The van der Waals surface area contributed by atoms with Gasteiger partial charge in [0.25, 0.3) is 0 Å². The van der Waals surface area contributed by atoms with Crippen LogP contribution in [-0.4, -0.2) is 24.1 Å². The van der Waals surface area contributed by atoms with Gasteiger partial charge in [0, 0.05) is 6.08 Å². The molecule has 1 fully saturated rings. The Bertz CT molecular complexity index is 325. The highest BCUT2D eigenvalue weighted by atomic mass is 16.6. The Hall–Kier alpha value is -1.32. The molecule has 17 heavy (non-hydrogen) atoms. The fourth-order valence-electron chi connectivity index (χ4n) is 1.47. The molecule has 0 spiro atoms. The highest BCUT2D eigenvalue weighted by Crippen LogP contribution is 2.41. The molecule has 96 valence electrons. The van der Waals surface area contributed by atoms with Gasteiger partial charge in [-0.15, -0.1) is 0 Å². The van der Waals surface area contributed by atoms with Crippen molar-refractivity contribution in [1.82, 2.24) is 0 Å². The van der Waals surface area contributed by atoms with Gasteiger partial charge in [0.15, 0.2) is 0 Å². The molecule has 1 aliphatic carbocycles. The molecule has 0 amide bonds. The summed E-state index contributed by atoms with van der Waals surface area (Å²) in [5, 5.41) is 0. The lowest BCUT2D eigenvalue weighted by Crippen LogP contribution is -2.25. The van der Waals surface area contributed by atoms with E-state index >= 15 is 0 Å². The predicted octanol–water partition coefficient (Wildman–Crippen LogP) is 2.08. The van der Waals surface area contributed by atoms with Crippen LogP contribution in [0.2, 0.25) is 0 Å². The van der Waals surface area contributed by atoms with Crippen LogP contribution in [0.4, 0.5) is 0 Å². The van der Waals surface area contributed by atoms with Crippen molar-refractivity contribution in [3.05, 3.63) is 12.2 Å². The largest absolute Gasteiger partial charge is 0.463 e. The molecule has 4 nitrogen and oxygen atoms in total. The van der Waals surface area contributed by atoms with E-state index in [0.29, 0.717) is 6.61 Å². The van der Waals surface area contributed by atoms with Crippen molar-refractivity contribution in [2.75, 3.05) is 6.61 Å². The maximum Gasteiger partial charge on any atom is 0.330 e. The van der Waals surface area contributed by atoms with E-state index in [0.717, 1.165) is 6.42 Å². The van der Waals surface area contributed by atoms with E-state index in [1.165, 1.54) is 6.08 Å². The lowest BCUT2D eigenvalue weighted by molar-refractivity contribution is -0.156. The molecule has 0 saturated heterocycles. The summed E-state index contributed by atoms with van der Waals surface area (Å²) in [7, 11) is 0. The molecule has 0 radical (unpaired) electrons. The maximum absolute atomic E-state index is 11.6. The first-order valence-corrected chi connectivity index (χ1v) is 5.91. The molecular weight excluding hydrogens is 220 g/mol. The zero-order valence-corrected chi connectivity index (χ0v) is 10.9. The Morgan fingerprint density at radius 2 is 2.00 bits per heavy atom. The number of rotatable bonds is 4. The number of esters is 2. The first-order chi connectivity index (χ1) is 7.83.